The van der Waals surface area contributed by atoms with Gasteiger partial charge in [-0.25, -0.2) is 0 Å². The molecular formula is C17H30IN3O. The first-order valence-electron chi connectivity index (χ1n) is 7.98. The zero-order valence-corrected chi connectivity index (χ0v) is 16.4. The van der Waals surface area contributed by atoms with E-state index in [4.69, 9.17) is 10.5 Å². The van der Waals surface area contributed by atoms with Crippen molar-refractivity contribution >= 4 is 35.6 Å². The first-order valence-corrected chi connectivity index (χ1v) is 7.98. The van der Waals surface area contributed by atoms with E-state index < -0.39 is 0 Å². The van der Waals surface area contributed by atoms with Gasteiger partial charge in [0.15, 0.2) is 5.96 Å². The average Bonchev–Trinajstić information content (AvgIpc) is 2.51. The van der Waals surface area contributed by atoms with Gasteiger partial charge < -0.3 is 15.8 Å². The van der Waals surface area contributed by atoms with Gasteiger partial charge >= 0.3 is 0 Å². The predicted molar refractivity (Wildman–Crippen MR) is 106 cm³/mol. The quantitative estimate of drug-likeness (QED) is 0.276. The minimum absolute atomic E-state index is 0. The van der Waals surface area contributed by atoms with Crippen LogP contribution in [0.1, 0.15) is 44.7 Å². The first-order chi connectivity index (χ1) is 10.2. The Morgan fingerprint density at radius 2 is 1.77 bits per heavy atom. The summed E-state index contributed by atoms with van der Waals surface area (Å²) in [5.41, 5.74) is 9.62. The summed E-state index contributed by atoms with van der Waals surface area (Å²) in [6, 6.07) is 6.35. The molecule has 0 unspecified atom stereocenters. The third-order valence-electron chi connectivity index (χ3n) is 3.41. The molecule has 0 heterocycles. The van der Waals surface area contributed by atoms with Crippen molar-refractivity contribution in [3.8, 4) is 0 Å². The van der Waals surface area contributed by atoms with Gasteiger partial charge in [-0.3, -0.25) is 4.99 Å². The minimum atomic E-state index is 0. The average molecular weight is 419 g/mol. The molecule has 0 atom stereocenters. The molecule has 5 heteroatoms. The van der Waals surface area contributed by atoms with Crippen molar-refractivity contribution in [3.05, 3.63) is 29.3 Å². The molecule has 1 aromatic carbocycles. The van der Waals surface area contributed by atoms with Crippen LogP contribution in [0.3, 0.4) is 0 Å². The van der Waals surface area contributed by atoms with Crippen LogP contribution in [0.4, 0.5) is 5.69 Å². The molecule has 0 aliphatic carbocycles. The summed E-state index contributed by atoms with van der Waals surface area (Å²) in [6.45, 7) is 8.47. The number of hydrogen-bond acceptors (Lipinski definition) is 2. The third kappa shape index (κ3) is 7.45. The Morgan fingerprint density at radius 3 is 2.32 bits per heavy atom. The Kier molecular flexibility index (Phi) is 12.2. The standard InChI is InChI=1S/C17H29N3O.HI/c1-4-7-12-21-13-11-19-17(18)20-16-14(5-2)9-8-10-15(16)6-3;/h8-10H,4-7,11-13H2,1-3H3,(H3,18,19,20);1H. The highest BCUT2D eigenvalue weighted by molar-refractivity contribution is 14.0. The molecule has 1 aromatic rings. The molecule has 0 aliphatic rings. The SMILES string of the molecule is CCCCOCCN=C(N)Nc1c(CC)cccc1CC.I. The topological polar surface area (TPSA) is 59.6 Å². The fraction of sp³-hybridized carbons (Fsp3) is 0.588. The fourth-order valence-corrected chi connectivity index (χ4v) is 2.15. The maximum absolute atomic E-state index is 5.98. The molecule has 3 N–H and O–H groups in total. The number of unbranched alkanes of at least 4 members (excludes halogenated alkanes) is 1. The van der Waals surface area contributed by atoms with Gasteiger partial charge in [-0.2, -0.15) is 0 Å². The Balaban J connectivity index is 0.00000441. The van der Waals surface area contributed by atoms with Gasteiger partial charge in [-0.15, -0.1) is 24.0 Å². The lowest BCUT2D eigenvalue weighted by molar-refractivity contribution is 0.139. The molecule has 22 heavy (non-hydrogen) atoms. The van der Waals surface area contributed by atoms with E-state index in [9.17, 15) is 0 Å². The number of benzene rings is 1. The third-order valence-corrected chi connectivity index (χ3v) is 3.41. The van der Waals surface area contributed by atoms with Crippen molar-refractivity contribution in [1.82, 2.24) is 0 Å². The monoisotopic (exact) mass is 419 g/mol. The number of aliphatic imine (C=N–C) groups is 1. The lowest BCUT2D eigenvalue weighted by Crippen LogP contribution is -2.25. The molecule has 0 amide bonds. The van der Waals surface area contributed by atoms with Crippen molar-refractivity contribution in [2.75, 3.05) is 25.1 Å². The molecule has 1 rings (SSSR count). The molecule has 0 aliphatic heterocycles. The van der Waals surface area contributed by atoms with Gasteiger partial charge in [0.05, 0.1) is 13.2 Å². The number of rotatable bonds is 9. The van der Waals surface area contributed by atoms with Crippen molar-refractivity contribution < 1.29 is 4.74 Å². The molecule has 0 saturated heterocycles. The highest BCUT2D eigenvalue weighted by Crippen LogP contribution is 2.22. The number of anilines is 1. The second-order valence-corrected chi connectivity index (χ2v) is 5.02. The van der Waals surface area contributed by atoms with Gasteiger partial charge in [-0.1, -0.05) is 45.4 Å². The van der Waals surface area contributed by atoms with E-state index in [0.29, 0.717) is 19.1 Å². The maximum atomic E-state index is 5.98. The highest BCUT2D eigenvalue weighted by atomic mass is 127. The Hall–Kier alpha value is -0.820. The number of halogens is 1. The van der Waals surface area contributed by atoms with Crippen LogP contribution in [0.25, 0.3) is 0 Å². The normalized spacial score (nSPS) is 11.1. The van der Waals surface area contributed by atoms with Crippen LogP contribution in [0.15, 0.2) is 23.2 Å². The van der Waals surface area contributed by atoms with Crippen LogP contribution in [0, 0.1) is 0 Å². The van der Waals surface area contributed by atoms with E-state index >= 15 is 0 Å². The van der Waals surface area contributed by atoms with Crippen molar-refractivity contribution in [2.24, 2.45) is 10.7 Å². The molecular weight excluding hydrogens is 389 g/mol. The summed E-state index contributed by atoms with van der Waals surface area (Å²) >= 11 is 0. The Morgan fingerprint density at radius 1 is 1.14 bits per heavy atom. The van der Waals surface area contributed by atoms with Crippen molar-refractivity contribution in [1.29, 1.82) is 0 Å². The second-order valence-electron chi connectivity index (χ2n) is 5.02. The number of para-hydroxylation sites is 1. The van der Waals surface area contributed by atoms with E-state index in [1.165, 1.54) is 11.1 Å². The van der Waals surface area contributed by atoms with Crippen LogP contribution < -0.4 is 11.1 Å². The number of nitrogens with one attached hydrogen (secondary N) is 1. The number of guanidine groups is 1. The summed E-state index contributed by atoms with van der Waals surface area (Å²) < 4.78 is 5.47. The number of aryl methyl sites for hydroxylation is 2. The van der Waals surface area contributed by atoms with Gasteiger partial charge in [0.1, 0.15) is 0 Å². The lowest BCUT2D eigenvalue weighted by Gasteiger charge is -2.14. The summed E-state index contributed by atoms with van der Waals surface area (Å²) in [5, 5.41) is 3.26. The predicted octanol–water partition coefficient (Wildman–Crippen LogP) is 3.97. The van der Waals surface area contributed by atoms with Gasteiger partial charge in [0.2, 0.25) is 0 Å². The Bertz CT molecular complexity index is 427. The van der Waals surface area contributed by atoms with Crippen molar-refractivity contribution in [3.63, 3.8) is 0 Å². The molecule has 0 bridgehead atoms. The van der Waals surface area contributed by atoms with Crippen LogP contribution in [-0.4, -0.2) is 25.7 Å². The molecule has 0 saturated carbocycles. The Labute approximate surface area is 151 Å². The van der Waals surface area contributed by atoms with Gasteiger partial charge in [0, 0.05) is 12.3 Å². The number of ether oxygens (including phenoxy) is 1. The van der Waals surface area contributed by atoms with Crippen LogP contribution in [0.5, 0.6) is 0 Å². The van der Waals surface area contributed by atoms with Crippen LogP contribution in [-0.2, 0) is 17.6 Å². The zero-order chi connectivity index (χ0) is 15.5. The fourth-order valence-electron chi connectivity index (χ4n) is 2.15. The molecule has 0 radical (unpaired) electrons. The van der Waals surface area contributed by atoms with Crippen molar-refractivity contribution in [2.45, 2.75) is 46.5 Å². The molecule has 0 aromatic heterocycles. The highest BCUT2D eigenvalue weighted by Gasteiger charge is 2.06. The van der Waals surface area contributed by atoms with E-state index in [2.05, 4.69) is 49.3 Å². The molecule has 0 spiro atoms. The molecule has 4 nitrogen and oxygen atoms in total. The zero-order valence-electron chi connectivity index (χ0n) is 14.0. The van der Waals surface area contributed by atoms with E-state index in [0.717, 1.165) is 38.0 Å². The largest absolute Gasteiger partial charge is 0.380 e. The number of nitrogens with two attached hydrogens (primary N) is 1. The van der Waals surface area contributed by atoms with E-state index in [1.807, 2.05) is 0 Å². The van der Waals surface area contributed by atoms with E-state index in [-0.39, 0.29) is 24.0 Å². The van der Waals surface area contributed by atoms with Crippen LogP contribution >= 0.6 is 24.0 Å². The first kappa shape index (κ1) is 21.2. The van der Waals surface area contributed by atoms with Gasteiger partial charge in [-0.05, 0) is 30.4 Å². The summed E-state index contributed by atoms with van der Waals surface area (Å²) in [7, 11) is 0. The second kappa shape index (κ2) is 12.7. The van der Waals surface area contributed by atoms with Gasteiger partial charge in [0.25, 0.3) is 0 Å². The summed E-state index contributed by atoms with van der Waals surface area (Å²) in [6.07, 6.45) is 4.20. The van der Waals surface area contributed by atoms with Crippen LogP contribution in [0.2, 0.25) is 0 Å². The number of nitrogens with zero attached hydrogens (tertiary/aromatic N) is 1. The smallest absolute Gasteiger partial charge is 0.193 e. The molecule has 126 valence electrons. The minimum Gasteiger partial charge on any atom is -0.380 e. The lowest BCUT2D eigenvalue weighted by atomic mass is 10.0. The maximum Gasteiger partial charge on any atom is 0.193 e. The number of hydrogen-bond donors (Lipinski definition) is 2. The summed E-state index contributed by atoms with van der Waals surface area (Å²) in [5.74, 6) is 0.463. The molecule has 0 fully saturated rings. The van der Waals surface area contributed by atoms with E-state index in [1.54, 1.807) is 0 Å². The summed E-state index contributed by atoms with van der Waals surface area (Å²) in [4.78, 5) is 4.33.